The number of aromatic amines is 1. The molecule has 5 nitrogen and oxygen atoms in total. The van der Waals surface area contributed by atoms with Gasteiger partial charge >= 0.3 is 0 Å². The standard InChI is InChI=1S/C6H3IN4OS2/c7-3-4(12)8-1-9-5(3)13-6-10-2-11-14-6/h1-2H,(H,8,9,12). The van der Waals surface area contributed by atoms with Crippen molar-refractivity contribution in [2.24, 2.45) is 0 Å². The molecular weight excluding hydrogens is 335 g/mol. The molecule has 0 atom stereocenters. The van der Waals surface area contributed by atoms with E-state index in [1.807, 2.05) is 22.6 Å². The summed E-state index contributed by atoms with van der Waals surface area (Å²) in [5, 5.41) is 0.658. The van der Waals surface area contributed by atoms with Gasteiger partial charge < -0.3 is 4.98 Å². The molecule has 72 valence electrons. The fourth-order valence-corrected chi connectivity index (χ4v) is 2.70. The Labute approximate surface area is 101 Å². The van der Waals surface area contributed by atoms with Gasteiger partial charge in [-0.15, -0.1) is 0 Å². The van der Waals surface area contributed by atoms with E-state index in [1.165, 1.54) is 35.9 Å². The van der Waals surface area contributed by atoms with Crippen LogP contribution in [-0.2, 0) is 0 Å². The Bertz CT molecular complexity index is 483. The molecular formula is C6H3IN4OS2. The van der Waals surface area contributed by atoms with Crippen LogP contribution in [0.5, 0.6) is 0 Å². The lowest BCUT2D eigenvalue weighted by Gasteiger charge is -1.97. The number of nitrogens with one attached hydrogen (secondary N) is 1. The van der Waals surface area contributed by atoms with Crippen LogP contribution in [0.2, 0.25) is 0 Å². The molecule has 0 amide bonds. The van der Waals surface area contributed by atoms with Crippen LogP contribution in [0.25, 0.3) is 0 Å². The van der Waals surface area contributed by atoms with E-state index in [1.54, 1.807) is 0 Å². The zero-order valence-corrected chi connectivity index (χ0v) is 10.4. The number of hydrogen-bond acceptors (Lipinski definition) is 6. The van der Waals surface area contributed by atoms with Gasteiger partial charge in [0.1, 0.15) is 14.9 Å². The van der Waals surface area contributed by atoms with Crippen molar-refractivity contribution in [1.82, 2.24) is 19.3 Å². The maximum atomic E-state index is 11.2. The Kier molecular flexibility index (Phi) is 3.13. The summed E-state index contributed by atoms with van der Waals surface area (Å²) in [6.45, 7) is 0. The second-order valence-electron chi connectivity index (χ2n) is 2.16. The highest BCUT2D eigenvalue weighted by Gasteiger charge is 2.08. The lowest BCUT2D eigenvalue weighted by Crippen LogP contribution is -2.10. The van der Waals surface area contributed by atoms with E-state index in [4.69, 9.17) is 0 Å². The molecule has 0 fully saturated rings. The van der Waals surface area contributed by atoms with Crippen LogP contribution in [0.3, 0.4) is 0 Å². The van der Waals surface area contributed by atoms with E-state index in [2.05, 4.69) is 19.3 Å². The van der Waals surface area contributed by atoms with E-state index in [-0.39, 0.29) is 5.56 Å². The minimum absolute atomic E-state index is 0.132. The molecule has 2 heterocycles. The van der Waals surface area contributed by atoms with Gasteiger partial charge in [-0.05, 0) is 45.9 Å². The normalized spacial score (nSPS) is 10.4. The molecule has 0 bridgehead atoms. The number of rotatable bonds is 2. The molecule has 0 unspecified atom stereocenters. The molecule has 0 aliphatic heterocycles. The van der Waals surface area contributed by atoms with E-state index < -0.39 is 0 Å². The molecule has 0 aliphatic carbocycles. The SMILES string of the molecule is O=c1[nH]cnc(Sc2ncns2)c1I. The average Bonchev–Trinajstić information content (AvgIpc) is 2.66. The van der Waals surface area contributed by atoms with Gasteiger partial charge in [0.2, 0.25) is 0 Å². The molecule has 1 N–H and O–H groups in total. The van der Waals surface area contributed by atoms with Gasteiger partial charge in [0.15, 0.2) is 4.34 Å². The first-order valence-electron chi connectivity index (χ1n) is 3.45. The summed E-state index contributed by atoms with van der Waals surface area (Å²) in [6, 6.07) is 0. The lowest BCUT2D eigenvalue weighted by molar-refractivity contribution is 0.986. The van der Waals surface area contributed by atoms with Crippen LogP contribution in [0, 0.1) is 3.57 Å². The Morgan fingerprint density at radius 1 is 1.50 bits per heavy atom. The number of H-pyrrole nitrogens is 1. The number of nitrogens with zero attached hydrogens (tertiary/aromatic N) is 3. The number of aromatic nitrogens is 4. The minimum atomic E-state index is -0.132. The van der Waals surface area contributed by atoms with Crippen molar-refractivity contribution in [2.75, 3.05) is 0 Å². The van der Waals surface area contributed by atoms with Gasteiger partial charge in [-0.3, -0.25) is 4.79 Å². The highest BCUT2D eigenvalue weighted by molar-refractivity contribution is 14.1. The van der Waals surface area contributed by atoms with Crippen molar-refractivity contribution in [3.63, 3.8) is 0 Å². The Hall–Kier alpha value is -0.480. The first-order chi connectivity index (χ1) is 6.77. The maximum Gasteiger partial charge on any atom is 0.265 e. The van der Waals surface area contributed by atoms with Gasteiger partial charge in [0.25, 0.3) is 5.56 Å². The van der Waals surface area contributed by atoms with Crippen LogP contribution >= 0.6 is 45.9 Å². The molecule has 8 heteroatoms. The largest absolute Gasteiger partial charge is 0.312 e. The predicted octanol–water partition coefficient (Wildman–Crippen LogP) is 1.38. The molecule has 2 rings (SSSR count). The second kappa shape index (κ2) is 4.36. The quantitative estimate of drug-likeness (QED) is 0.662. The Morgan fingerprint density at radius 2 is 2.36 bits per heavy atom. The topological polar surface area (TPSA) is 71.5 Å². The van der Waals surface area contributed by atoms with Crippen LogP contribution < -0.4 is 5.56 Å². The van der Waals surface area contributed by atoms with Gasteiger partial charge in [-0.2, -0.15) is 4.37 Å². The van der Waals surface area contributed by atoms with E-state index >= 15 is 0 Å². The summed E-state index contributed by atoms with van der Waals surface area (Å²) in [4.78, 5) is 21.8. The third kappa shape index (κ3) is 2.12. The fourth-order valence-electron chi connectivity index (χ4n) is 0.728. The van der Waals surface area contributed by atoms with Crippen LogP contribution in [0.1, 0.15) is 0 Å². The molecule has 14 heavy (non-hydrogen) atoms. The molecule has 2 aromatic heterocycles. The third-order valence-corrected chi connectivity index (χ3v) is 4.37. The van der Waals surface area contributed by atoms with Crippen molar-refractivity contribution >= 4 is 45.9 Å². The molecule has 2 aromatic rings. The number of halogens is 1. The van der Waals surface area contributed by atoms with Crippen molar-refractivity contribution in [3.05, 3.63) is 26.6 Å². The van der Waals surface area contributed by atoms with Gasteiger partial charge in [-0.25, -0.2) is 9.97 Å². The van der Waals surface area contributed by atoms with Crippen molar-refractivity contribution in [2.45, 2.75) is 9.37 Å². The van der Waals surface area contributed by atoms with Crippen LogP contribution in [0.4, 0.5) is 0 Å². The van der Waals surface area contributed by atoms with Gasteiger partial charge in [0.05, 0.1) is 6.33 Å². The molecule has 0 aliphatic rings. The molecule has 0 saturated heterocycles. The summed E-state index contributed by atoms with van der Waals surface area (Å²) >= 11 is 4.58. The van der Waals surface area contributed by atoms with Crippen LogP contribution in [-0.4, -0.2) is 19.3 Å². The third-order valence-electron chi connectivity index (χ3n) is 1.29. The Balaban J connectivity index is 2.34. The molecule has 0 radical (unpaired) electrons. The Morgan fingerprint density at radius 3 is 3.07 bits per heavy atom. The highest BCUT2D eigenvalue weighted by Crippen LogP contribution is 2.27. The monoisotopic (exact) mass is 338 g/mol. The summed E-state index contributed by atoms with van der Waals surface area (Å²) < 4.78 is 5.22. The molecule has 0 spiro atoms. The first-order valence-corrected chi connectivity index (χ1v) is 6.12. The second-order valence-corrected chi connectivity index (χ2v) is 5.25. The summed E-state index contributed by atoms with van der Waals surface area (Å²) in [6.07, 6.45) is 2.86. The zero-order chi connectivity index (χ0) is 9.97. The molecule has 0 saturated carbocycles. The first kappa shape index (κ1) is 10.1. The predicted molar refractivity (Wildman–Crippen MR) is 61.6 cm³/mol. The average molecular weight is 338 g/mol. The van der Waals surface area contributed by atoms with E-state index in [0.29, 0.717) is 8.60 Å². The van der Waals surface area contributed by atoms with E-state index in [0.717, 1.165) is 4.34 Å². The van der Waals surface area contributed by atoms with Crippen molar-refractivity contribution < 1.29 is 0 Å². The van der Waals surface area contributed by atoms with Crippen molar-refractivity contribution in [1.29, 1.82) is 0 Å². The lowest BCUT2D eigenvalue weighted by atomic mass is 10.7. The van der Waals surface area contributed by atoms with Gasteiger partial charge in [0, 0.05) is 0 Å². The minimum Gasteiger partial charge on any atom is -0.312 e. The summed E-state index contributed by atoms with van der Waals surface area (Å²) in [5.74, 6) is 0. The van der Waals surface area contributed by atoms with Gasteiger partial charge in [-0.1, -0.05) is 0 Å². The smallest absolute Gasteiger partial charge is 0.265 e. The molecule has 0 aromatic carbocycles. The van der Waals surface area contributed by atoms with Crippen molar-refractivity contribution in [3.8, 4) is 0 Å². The van der Waals surface area contributed by atoms with E-state index in [9.17, 15) is 4.79 Å². The number of hydrogen-bond donors (Lipinski definition) is 1. The maximum absolute atomic E-state index is 11.2. The fraction of sp³-hybridized carbons (Fsp3) is 0. The summed E-state index contributed by atoms with van der Waals surface area (Å²) in [5.41, 5.74) is -0.132. The van der Waals surface area contributed by atoms with Crippen LogP contribution in [0.15, 0.2) is 26.8 Å². The highest BCUT2D eigenvalue weighted by atomic mass is 127. The zero-order valence-electron chi connectivity index (χ0n) is 6.60. The summed E-state index contributed by atoms with van der Waals surface area (Å²) in [7, 11) is 0.